The lowest BCUT2D eigenvalue weighted by atomic mass is 10.0. The second-order valence-corrected chi connectivity index (χ2v) is 26.2. The standard InChI is InChI=1S/C77H140NO8P/c1-3-5-7-9-11-13-15-17-19-21-23-25-27-29-31-33-35-36-37-38-40-41-43-45-47-49-51-53-55-57-59-61-63-65-67-69-76(79)83-73-75(74-85-87(81,82)84-72-71-78)86-77(80)70-68-66-64-62-60-58-56-54-52-50-48-46-44-42-39-34-32-30-28-26-24-22-20-18-16-14-12-10-8-6-4-2/h6,8,12,14,18,20-21,23-24,26,30,32,39,42,75H,3-5,7,9-11,13,15-17,19,22,25,27-29,31,33-38,40-41,43-74,78H2,1-2H3,(H,81,82)/b8-6-,14-12-,20-18-,23-21-,26-24-,32-30-,42-39-. The van der Waals surface area contributed by atoms with E-state index in [2.05, 4.69) is 98.9 Å². The lowest BCUT2D eigenvalue weighted by Gasteiger charge is -2.19. The summed E-state index contributed by atoms with van der Waals surface area (Å²) in [6, 6.07) is 0. The molecule has 10 heteroatoms. The Morgan fingerprint density at radius 1 is 0.356 bits per heavy atom. The largest absolute Gasteiger partial charge is 0.472 e. The summed E-state index contributed by atoms with van der Waals surface area (Å²) in [4.78, 5) is 35.4. The summed E-state index contributed by atoms with van der Waals surface area (Å²) in [6.45, 7) is 3.68. The van der Waals surface area contributed by atoms with E-state index in [1.807, 2.05) is 0 Å². The van der Waals surface area contributed by atoms with Gasteiger partial charge < -0.3 is 20.1 Å². The molecule has 3 N–H and O–H groups in total. The zero-order valence-corrected chi connectivity index (χ0v) is 57.9. The number of ether oxygens (including phenoxy) is 2. The van der Waals surface area contributed by atoms with Gasteiger partial charge in [0.05, 0.1) is 13.2 Å². The van der Waals surface area contributed by atoms with Crippen molar-refractivity contribution in [3.8, 4) is 0 Å². The fourth-order valence-electron chi connectivity index (χ4n) is 10.8. The fourth-order valence-corrected chi connectivity index (χ4v) is 11.6. The van der Waals surface area contributed by atoms with E-state index in [-0.39, 0.29) is 38.6 Å². The van der Waals surface area contributed by atoms with E-state index in [4.69, 9.17) is 24.3 Å². The molecule has 0 aliphatic heterocycles. The van der Waals surface area contributed by atoms with Crippen LogP contribution in [0.3, 0.4) is 0 Å². The van der Waals surface area contributed by atoms with Gasteiger partial charge in [-0.05, 0) is 89.9 Å². The molecule has 0 bridgehead atoms. The van der Waals surface area contributed by atoms with Crippen LogP contribution in [0.1, 0.15) is 361 Å². The van der Waals surface area contributed by atoms with Gasteiger partial charge in [0.2, 0.25) is 0 Å². The zero-order chi connectivity index (χ0) is 63.0. The Hall–Kier alpha value is -2.81. The first kappa shape index (κ1) is 84.2. The van der Waals surface area contributed by atoms with Crippen molar-refractivity contribution in [3.05, 3.63) is 85.1 Å². The first-order valence-electron chi connectivity index (χ1n) is 37.1. The number of phosphoric acid groups is 1. The third kappa shape index (κ3) is 72.1. The number of hydrogen-bond donors (Lipinski definition) is 2. The average Bonchev–Trinajstić information content (AvgIpc) is 3.66. The molecular formula is C77H140NO8P. The lowest BCUT2D eigenvalue weighted by Crippen LogP contribution is -2.29. The topological polar surface area (TPSA) is 134 Å². The highest BCUT2D eigenvalue weighted by Crippen LogP contribution is 2.43. The smallest absolute Gasteiger partial charge is 0.462 e. The number of nitrogens with two attached hydrogens (primary N) is 1. The summed E-state index contributed by atoms with van der Waals surface area (Å²) in [5.74, 6) is -0.816. The van der Waals surface area contributed by atoms with Crippen molar-refractivity contribution >= 4 is 19.8 Å². The van der Waals surface area contributed by atoms with Crippen molar-refractivity contribution in [2.24, 2.45) is 5.73 Å². The van der Waals surface area contributed by atoms with E-state index in [1.54, 1.807) is 0 Å². The maximum atomic E-state index is 12.8. The molecule has 0 aromatic rings. The Bertz CT molecular complexity index is 1700. The fraction of sp³-hybridized carbons (Fsp3) is 0.792. The molecule has 0 amide bonds. The van der Waals surface area contributed by atoms with Gasteiger partial charge in [-0.1, -0.05) is 343 Å². The number of rotatable bonds is 70. The molecule has 0 aromatic carbocycles. The van der Waals surface area contributed by atoms with Crippen molar-refractivity contribution in [1.82, 2.24) is 0 Å². The van der Waals surface area contributed by atoms with Crippen molar-refractivity contribution in [2.75, 3.05) is 26.4 Å². The minimum atomic E-state index is -4.40. The van der Waals surface area contributed by atoms with E-state index in [0.29, 0.717) is 6.42 Å². The van der Waals surface area contributed by atoms with E-state index < -0.39 is 26.5 Å². The third-order valence-electron chi connectivity index (χ3n) is 16.3. The Labute approximate surface area is 538 Å². The zero-order valence-electron chi connectivity index (χ0n) is 57.0. The predicted molar refractivity (Wildman–Crippen MR) is 376 cm³/mol. The molecule has 0 saturated carbocycles. The van der Waals surface area contributed by atoms with Crippen LogP contribution < -0.4 is 5.73 Å². The highest BCUT2D eigenvalue weighted by molar-refractivity contribution is 7.47. The van der Waals surface area contributed by atoms with Crippen LogP contribution in [0, 0.1) is 0 Å². The van der Waals surface area contributed by atoms with E-state index in [0.717, 1.165) is 77.0 Å². The van der Waals surface area contributed by atoms with Gasteiger partial charge in [0.25, 0.3) is 0 Å². The molecule has 0 spiro atoms. The number of carbonyl (C=O) groups is 2. The van der Waals surface area contributed by atoms with E-state index in [9.17, 15) is 19.0 Å². The quantitative estimate of drug-likeness (QED) is 0.0264. The van der Waals surface area contributed by atoms with Crippen LogP contribution in [0.4, 0.5) is 0 Å². The maximum absolute atomic E-state index is 12.8. The van der Waals surface area contributed by atoms with Crippen LogP contribution >= 0.6 is 7.82 Å². The van der Waals surface area contributed by atoms with Crippen LogP contribution in [0.5, 0.6) is 0 Å². The number of unbranched alkanes of at least 4 members (excludes halogenated alkanes) is 43. The number of phosphoric ester groups is 1. The Balaban J connectivity index is 3.83. The van der Waals surface area contributed by atoms with Crippen LogP contribution in [0.25, 0.3) is 0 Å². The van der Waals surface area contributed by atoms with Gasteiger partial charge in [-0.15, -0.1) is 0 Å². The van der Waals surface area contributed by atoms with Crippen molar-refractivity contribution in [2.45, 2.75) is 367 Å². The SMILES string of the molecule is CC/C=C\C/C=C\C/C=C\C/C=C\C/C=C\C/C=C\CCCCCCCCCCCCCCC(=O)OC(COC(=O)CCCCCCCCCCCCCCCCCCCCCCCCC/C=C\CCCCCCCCCC)COP(=O)(O)OCCN. The number of allylic oxidation sites excluding steroid dienone is 14. The maximum Gasteiger partial charge on any atom is 0.472 e. The first-order valence-corrected chi connectivity index (χ1v) is 38.6. The molecule has 87 heavy (non-hydrogen) atoms. The summed E-state index contributed by atoms with van der Waals surface area (Å²) in [6.07, 6.45) is 97.0. The van der Waals surface area contributed by atoms with Crippen molar-refractivity contribution in [1.29, 1.82) is 0 Å². The second-order valence-electron chi connectivity index (χ2n) is 24.8. The Morgan fingerprint density at radius 3 is 0.954 bits per heavy atom. The molecule has 0 saturated heterocycles. The van der Waals surface area contributed by atoms with Crippen LogP contribution in [0.15, 0.2) is 85.1 Å². The minimum Gasteiger partial charge on any atom is -0.462 e. The Morgan fingerprint density at radius 2 is 0.632 bits per heavy atom. The van der Waals surface area contributed by atoms with Gasteiger partial charge in [-0.25, -0.2) is 4.57 Å². The van der Waals surface area contributed by atoms with Gasteiger partial charge in [-0.2, -0.15) is 0 Å². The molecule has 0 aromatic heterocycles. The summed E-state index contributed by atoms with van der Waals surface area (Å²) in [7, 11) is -4.40. The first-order chi connectivity index (χ1) is 42.8. The minimum absolute atomic E-state index is 0.0518. The molecule has 2 atom stereocenters. The highest BCUT2D eigenvalue weighted by Gasteiger charge is 2.26. The van der Waals surface area contributed by atoms with Gasteiger partial charge in [0, 0.05) is 19.4 Å². The van der Waals surface area contributed by atoms with E-state index in [1.165, 1.54) is 250 Å². The number of hydrogen-bond acceptors (Lipinski definition) is 8. The van der Waals surface area contributed by atoms with Gasteiger partial charge >= 0.3 is 19.8 Å². The van der Waals surface area contributed by atoms with Gasteiger partial charge in [0.15, 0.2) is 6.10 Å². The van der Waals surface area contributed by atoms with Gasteiger partial charge in [-0.3, -0.25) is 18.6 Å². The molecule has 9 nitrogen and oxygen atoms in total. The Kier molecular flexibility index (Phi) is 69.9. The number of carbonyl (C=O) groups excluding carboxylic acids is 2. The molecule has 0 fully saturated rings. The molecule has 0 heterocycles. The summed E-state index contributed by atoms with van der Waals surface area (Å²) >= 11 is 0. The average molecular weight is 1240 g/mol. The summed E-state index contributed by atoms with van der Waals surface area (Å²) in [5, 5.41) is 0. The molecule has 0 radical (unpaired) electrons. The van der Waals surface area contributed by atoms with E-state index >= 15 is 0 Å². The normalized spacial score (nSPS) is 13.4. The molecule has 0 aliphatic rings. The van der Waals surface area contributed by atoms with Crippen molar-refractivity contribution in [3.63, 3.8) is 0 Å². The third-order valence-corrected chi connectivity index (χ3v) is 17.2. The highest BCUT2D eigenvalue weighted by atomic mass is 31.2. The molecule has 2 unspecified atom stereocenters. The molecule has 506 valence electrons. The predicted octanol–water partition coefficient (Wildman–Crippen LogP) is 24.5. The summed E-state index contributed by atoms with van der Waals surface area (Å²) in [5.41, 5.74) is 5.41. The molecule has 0 aliphatic carbocycles. The monoisotopic (exact) mass is 1240 g/mol. The van der Waals surface area contributed by atoms with Crippen LogP contribution in [-0.4, -0.2) is 49.3 Å². The molecular weight excluding hydrogens is 1100 g/mol. The second kappa shape index (κ2) is 72.3. The van der Waals surface area contributed by atoms with Crippen molar-refractivity contribution < 1.29 is 37.6 Å². The summed E-state index contributed by atoms with van der Waals surface area (Å²) < 4.78 is 33.2. The van der Waals surface area contributed by atoms with Crippen LogP contribution in [-0.2, 0) is 32.7 Å². The molecule has 0 rings (SSSR count). The lowest BCUT2D eigenvalue weighted by molar-refractivity contribution is -0.161. The number of esters is 2. The van der Waals surface area contributed by atoms with Crippen LogP contribution in [0.2, 0.25) is 0 Å². The van der Waals surface area contributed by atoms with Gasteiger partial charge in [0.1, 0.15) is 6.61 Å².